The second-order valence-electron chi connectivity index (χ2n) is 22.7. The monoisotopic (exact) mass is 1040 g/mol. The average Bonchev–Trinajstić information content (AvgIpc) is 3.80. The van der Waals surface area contributed by atoms with Gasteiger partial charge < -0.3 is 68.7 Å². The Labute approximate surface area is 432 Å². The number of aliphatic hydroxyl groups excluding tert-OH is 3. The molecule has 3 saturated heterocycles. The highest BCUT2D eigenvalue weighted by Crippen LogP contribution is 2.40. The van der Waals surface area contributed by atoms with E-state index < -0.39 is 107 Å². The summed E-state index contributed by atoms with van der Waals surface area (Å²) in [6.07, 6.45) is -6.28. The molecule has 0 unspecified atom stereocenters. The molecule has 1 aromatic heterocycles. The Hall–Kier alpha value is -3.29. The molecule has 3 aliphatic rings. The molecule has 73 heavy (non-hydrogen) atoms. The third kappa shape index (κ3) is 14.8. The lowest BCUT2D eigenvalue weighted by Gasteiger charge is -2.49. The first kappa shape index (κ1) is 60.6. The summed E-state index contributed by atoms with van der Waals surface area (Å²) in [5, 5.41) is 80.1. The fourth-order valence-corrected chi connectivity index (χ4v) is 11.4. The van der Waals surface area contributed by atoms with E-state index in [0.717, 1.165) is 11.3 Å². The molecule has 3 aliphatic heterocycles. The van der Waals surface area contributed by atoms with Crippen LogP contribution in [0.1, 0.15) is 112 Å². The summed E-state index contributed by atoms with van der Waals surface area (Å²) in [5.41, 5.74) is -2.86. The van der Waals surface area contributed by atoms with E-state index in [-0.39, 0.29) is 43.0 Å². The van der Waals surface area contributed by atoms with Crippen molar-refractivity contribution >= 4 is 11.7 Å². The standard InChI is InChI=1S/C52H89N7O14/c1-16-41-52(10,65)45(61)34(6)57(14)27-30(2)25-50(8,64)47(32(4)44(33(5)48(63)71-41)72-42-26-51(9,68-15)46(62)35(7)70-42)73-49-43(60)40(23-31(3)69-49)56(13)22-21-37-28-58(54-53-37)39(29-55(11)12)24-36-17-19-38(20-18-36)59(66)67/h17-20,28,30-35,39-47,49,60-62,64-65H,16,21-27,29H2,1-15H3/t30-,31-,32+,33-,34-,35+,39-,40+,41-,42+,43-,44+,45-,46+,47-,49+,50-,51-,52-/m1/s1. The lowest BCUT2D eigenvalue weighted by molar-refractivity contribution is -0.384. The van der Waals surface area contributed by atoms with Gasteiger partial charge >= 0.3 is 5.97 Å². The molecule has 4 heterocycles. The van der Waals surface area contributed by atoms with E-state index >= 15 is 0 Å². The third-order valence-corrected chi connectivity index (χ3v) is 16.0. The Morgan fingerprint density at radius 3 is 2.23 bits per heavy atom. The van der Waals surface area contributed by atoms with Gasteiger partial charge in [0.05, 0.1) is 58.2 Å². The fraction of sp³-hybridized carbons (Fsp3) is 0.827. The van der Waals surface area contributed by atoms with Crippen LogP contribution in [0.5, 0.6) is 0 Å². The Morgan fingerprint density at radius 2 is 1.63 bits per heavy atom. The van der Waals surface area contributed by atoms with Crippen LogP contribution in [0.25, 0.3) is 0 Å². The molecule has 19 atom stereocenters. The fourth-order valence-electron chi connectivity index (χ4n) is 11.4. The van der Waals surface area contributed by atoms with E-state index in [4.69, 9.17) is 28.4 Å². The normalized spacial score (nSPS) is 39.2. The molecule has 0 radical (unpaired) electrons. The van der Waals surface area contributed by atoms with Crippen molar-refractivity contribution in [2.75, 3.05) is 54.9 Å². The van der Waals surface area contributed by atoms with Crippen LogP contribution in [0.15, 0.2) is 30.5 Å². The molecule has 2 aromatic rings. The van der Waals surface area contributed by atoms with E-state index in [1.54, 1.807) is 53.7 Å². The number of benzene rings is 1. The Bertz CT molecular complexity index is 2060. The smallest absolute Gasteiger partial charge is 0.311 e. The zero-order valence-electron chi connectivity index (χ0n) is 46.0. The van der Waals surface area contributed by atoms with Crippen LogP contribution in [0.3, 0.4) is 0 Å². The second kappa shape index (κ2) is 25.2. The van der Waals surface area contributed by atoms with Gasteiger partial charge in [-0.3, -0.25) is 14.9 Å². The summed E-state index contributed by atoms with van der Waals surface area (Å²) in [6.45, 7) is 19.0. The van der Waals surface area contributed by atoms with Crippen molar-refractivity contribution in [3.63, 3.8) is 0 Å². The highest BCUT2D eigenvalue weighted by atomic mass is 16.7. The first-order chi connectivity index (χ1) is 34.0. The maximum absolute atomic E-state index is 14.5. The maximum Gasteiger partial charge on any atom is 0.311 e. The number of aliphatic hydroxyl groups is 5. The van der Waals surface area contributed by atoms with Crippen molar-refractivity contribution in [2.24, 2.45) is 17.8 Å². The Balaban J connectivity index is 1.44. The zero-order valence-corrected chi connectivity index (χ0v) is 46.0. The van der Waals surface area contributed by atoms with Crippen LogP contribution in [-0.4, -0.2) is 211 Å². The Morgan fingerprint density at radius 1 is 0.973 bits per heavy atom. The highest BCUT2D eigenvalue weighted by molar-refractivity contribution is 5.73. The molecule has 5 N–H and O–H groups in total. The van der Waals surface area contributed by atoms with Crippen molar-refractivity contribution in [2.45, 2.75) is 204 Å². The molecular weight excluding hydrogens is 947 g/mol. The predicted octanol–water partition coefficient (Wildman–Crippen LogP) is 3.36. The van der Waals surface area contributed by atoms with Gasteiger partial charge in [0.1, 0.15) is 30.0 Å². The molecule has 0 saturated carbocycles. The molecule has 0 aliphatic carbocycles. The van der Waals surface area contributed by atoms with E-state index in [0.29, 0.717) is 38.9 Å². The zero-order chi connectivity index (χ0) is 54.5. The lowest BCUT2D eigenvalue weighted by atomic mass is 9.77. The van der Waals surface area contributed by atoms with Crippen LogP contribution in [0, 0.1) is 27.9 Å². The SMILES string of the molecule is CC[C@H]1OC(=O)[C@H](C)[C@@H](O[C@H]2C[C@@](C)(OC)[C@@H](O)[C@H](C)O2)[C@H](C)[C@@H](O[C@@H]2O[C@H](C)C[C@H](N(C)CCc3cn([C@H](Cc4ccc([N+](=O)[O-])cc4)CN(C)C)nn3)[C@H]2O)[C@](C)(O)C[C@@H](C)CN(C)[C@H](C)[C@@H](O)[C@]1(C)O. The minimum atomic E-state index is -1.85. The van der Waals surface area contributed by atoms with Gasteiger partial charge in [0.2, 0.25) is 0 Å². The van der Waals surface area contributed by atoms with Crippen molar-refractivity contribution in [3.05, 3.63) is 51.8 Å². The molecule has 0 amide bonds. The molecule has 5 rings (SSSR count). The maximum atomic E-state index is 14.5. The van der Waals surface area contributed by atoms with E-state index in [1.807, 2.05) is 69.6 Å². The third-order valence-electron chi connectivity index (χ3n) is 16.0. The van der Waals surface area contributed by atoms with Crippen LogP contribution < -0.4 is 0 Å². The number of aromatic nitrogens is 3. The van der Waals surface area contributed by atoms with E-state index in [1.165, 1.54) is 26.2 Å². The first-order valence-electron chi connectivity index (χ1n) is 26.1. The molecule has 21 nitrogen and oxygen atoms in total. The molecule has 21 heteroatoms. The van der Waals surface area contributed by atoms with Gasteiger partial charge in [0, 0.05) is 75.9 Å². The van der Waals surface area contributed by atoms with Gasteiger partial charge in [0.25, 0.3) is 5.69 Å². The van der Waals surface area contributed by atoms with Gasteiger partial charge in [-0.1, -0.05) is 38.1 Å². The number of esters is 1. The minimum absolute atomic E-state index is 0.0310. The molecule has 0 spiro atoms. The molecular formula is C52H89N7O14. The van der Waals surface area contributed by atoms with Crippen molar-refractivity contribution in [1.82, 2.24) is 29.7 Å². The summed E-state index contributed by atoms with van der Waals surface area (Å²) in [7, 11) is 9.20. The topological polar surface area (TPSA) is 257 Å². The van der Waals surface area contributed by atoms with Crippen LogP contribution in [0.4, 0.5) is 5.69 Å². The highest BCUT2D eigenvalue weighted by Gasteiger charge is 2.53. The number of hydrogen-bond acceptors (Lipinski definition) is 19. The number of methoxy groups -OCH3 is 1. The molecule has 416 valence electrons. The molecule has 1 aromatic carbocycles. The summed E-state index contributed by atoms with van der Waals surface area (Å²) in [5.74, 6) is -2.84. The summed E-state index contributed by atoms with van der Waals surface area (Å²) in [4.78, 5) is 31.4. The first-order valence-corrected chi connectivity index (χ1v) is 26.1. The predicted molar refractivity (Wildman–Crippen MR) is 271 cm³/mol. The largest absolute Gasteiger partial charge is 0.459 e. The molecule has 0 bridgehead atoms. The van der Waals surface area contributed by atoms with Crippen LogP contribution in [0.2, 0.25) is 0 Å². The van der Waals surface area contributed by atoms with Gasteiger partial charge in [0.15, 0.2) is 12.6 Å². The number of nitro benzene ring substituents is 1. The number of carbonyl (C=O) groups excluding carboxylic acids is 1. The number of nitrogens with zero attached hydrogens (tertiary/aromatic N) is 7. The number of ether oxygens (including phenoxy) is 6. The van der Waals surface area contributed by atoms with E-state index in [9.17, 15) is 40.4 Å². The second-order valence-corrected chi connectivity index (χ2v) is 22.7. The number of hydrogen-bond donors (Lipinski definition) is 5. The number of likely N-dealkylation sites (N-methyl/N-ethyl adjacent to an activating group) is 3. The number of nitro groups is 1. The van der Waals surface area contributed by atoms with Gasteiger partial charge in [-0.05, 0) is 114 Å². The molecule has 3 fully saturated rings. The number of non-ortho nitro benzene ring substituents is 1. The van der Waals surface area contributed by atoms with Crippen molar-refractivity contribution < 1.29 is 63.7 Å². The number of carbonyl (C=O) groups is 1. The van der Waals surface area contributed by atoms with Gasteiger partial charge in [-0.2, -0.15) is 0 Å². The number of cyclic esters (lactones) is 1. The van der Waals surface area contributed by atoms with Crippen LogP contribution >= 0.6 is 0 Å². The Kier molecular flexibility index (Phi) is 20.9. The van der Waals surface area contributed by atoms with Gasteiger partial charge in [-0.25, -0.2) is 4.68 Å². The van der Waals surface area contributed by atoms with Crippen molar-refractivity contribution in [1.29, 1.82) is 0 Å². The summed E-state index contributed by atoms with van der Waals surface area (Å²) < 4.78 is 40.2. The summed E-state index contributed by atoms with van der Waals surface area (Å²) in [6, 6.07) is 5.40. The van der Waals surface area contributed by atoms with Gasteiger partial charge in [-0.15, -0.1) is 5.10 Å². The van der Waals surface area contributed by atoms with E-state index in [2.05, 4.69) is 15.2 Å². The number of rotatable bonds is 16. The quantitative estimate of drug-likeness (QED) is 0.0918. The average molecular weight is 1040 g/mol. The lowest BCUT2D eigenvalue weighted by Crippen LogP contribution is -2.61. The van der Waals surface area contributed by atoms with Crippen molar-refractivity contribution in [3.8, 4) is 0 Å². The van der Waals surface area contributed by atoms with Crippen LogP contribution in [-0.2, 0) is 46.1 Å². The summed E-state index contributed by atoms with van der Waals surface area (Å²) >= 11 is 0. The minimum Gasteiger partial charge on any atom is -0.459 e.